The SMILES string of the molecule is C=C1CCCC(=O)C1C(=O)c1ccc(S(C)(=O)=O)cc1[N+](=O)[O-]. The highest BCUT2D eigenvalue weighted by molar-refractivity contribution is 7.90. The Morgan fingerprint density at radius 2 is 2.00 bits per heavy atom. The van der Waals surface area contributed by atoms with E-state index in [1.54, 1.807) is 0 Å². The van der Waals surface area contributed by atoms with Gasteiger partial charge in [-0.2, -0.15) is 0 Å². The van der Waals surface area contributed by atoms with Crippen molar-refractivity contribution in [2.45, 2.75) is 24.2 Å². The zero-order chi connectivity index (χ0) is 17.4. The fourth-order valence-electron chi connectivity index (χ4n) is 2.59. The number of ketones is 2. The van der Waals surface area contributed by atoms with Crippen molar-refractivity contribution >= 4 is 27.1 Å². The van der Waals surface area contributed by atoms with Crippen LogP contribution in [0.4, 0.5) is 5.69 Å². The molecule has 23 heavy (non-hydrogen) atoms. The molecular formula is C15H15NO6S. The first-order valence-corrected chi connectivity index (χ1v) is 8.75. The molecule has 1 fully saturated rings. The monoisotopic (exact) mass is 337 g/mol. The van der Waals surface area contributed by atoms with Gasteiger partial charge < -0.3 is 0 Å². The number of hydrogen-bond acceptors (Lipinski definition) is 6. The molecule has 1 saturated carbocycles. The lowest BCUT2D eigenvalue weighted by Gasteiger charge is -2.22. The summed E-state index contributed by atoms with van der Waals surface area (Å²) in [6, 6.07) is 3.07. The lowest BCUT2D eigenvalue weighted by Crippen LogP contribution is -2.29. The van der Waals surface area contributed by atoms with Crippen molar-refractivity contribution in [3.8, 4) is 0 Å². The van der Waals surface area contributed by atoms with E-state index in [1.165, 1.54) is 0 Å². The number of nitrogens with zero attached hydrogens (tertiary/aromatic N) is 1. The number of rotatable bonds is 4. The quantitative estimate of drug-likeness (QED) is 0.273. The Morgan fingerprint density at radius 3 is 2.52 bits per heavy atom. The molecular weight excluding hydrogens is 322 g/mol. The second-order valence-corrected chi connectivity index (χ2v) is 7.50. The summed E-state index contributed by atoms with van der Waals surface area (Å²) in [5.41, 5.74) is -0.458. The fourth-order valence-corrected chi connectivity index (χ4v) is 3.24. The van der Waals surface area contributed by atoms with E-state index in [9.17, 15) is 28.1 Å². The lowest BCUT2D eigenvalue weighted by atomic mass is 9.79. The highest BCUT2D eigenvalue weighted by Gasteiger charge is 2.36. The zero-order valence-corrected chi connectivity index (χ0v) is 13.3. The van der Waals surface area contributed by atoms with Gasteiger partial charge in [-0.25, -0.2) is 8.42 Å². The molecule has 7 nitrogen and oxygen atoms in total. The highest BCUT2D eigenvalue weighted by atomic mass is 32.2. The van der Waals surface area contributed by atoms with Crippen LogP contribution >= 0.6 is 0 Å². The molecule has 0 aliphatic heterocycles. The number of hydrogen-bond donors (Lipinski definition) is 0. The van der Waals surface area contributed by atoms with Gasteiger partial charge in [0.15, 0.2) is 15.6 Å². The minimum absolute atomic E-state index is 0.227. The highest BCUT2D eigenvalue weighted by Crippen LogP contribution is 2.32. The maximum atomic E-state index is 12.6. The summed E-state index contributed by atoms with van der Waals surface area (Å²) in [6.45, 7) is 3.72. The molecule has 1 atom stereocenters. The number of benzene rings is 1. The molecule has 0 heterocycles. The van der Waals surface area contributed by atoms with E-state index in [0.717, 1.165) is 24.5 Å². The number of sulfone groups is 1. The van der Waals surface area contributed by atoms with Gasteiger partial charge in [0, 0.05) is 18.7 Å². The number of nitro groups is 1. The van der Waals surface area contributed by atoms with E-state index in [4.69, 9.17) is 0 Å². The minimum Gasteiger partial charge on any atom is -0.299 e. The number of allylic oxidation sites excluding steroid dienone is 1. The van der Waals surface area contributed by atoms with Crippen LogP contribution in [0, 0.1) is 16.0 Å². The largest absolute Gasteiger partial charge is 0.299 e. The molecule has 0 radical (unpaired) electrons. The van der Waals surface area contributed by atoms with Gasteiger partial charge in [0.25, 0.3) is 5.69 Å². The lowest BCUT2D eigenvalue weighted by molar-refractivity contribution is -0.385. The summed E-state index contributed by atoms with van der Waals surface area (Å²) in [7, 11) is -3.65. The van der Waals surface area contributed by atoms with Crippen LogP contribution in [0.3, 0.4) is 0 Å². The smallest absolute Gasteiger partial charge is 0.281 e. The van der Waals surface area contributed by atoms with Gasteiger partial charge in [-0.1, -0.05) is 12.2 Å². The van der Waals surface area contributed by atoms with Crippen LogP contribution in [0.2, 0.25) is 0 Å². The van der Waals surface area contributed by atoms with Gasteiger partial charge >= 0.3 is 0 Å². The molecule has 0 amide bonds. The first kappa shape index (κ1) is 17.0. The first-order valence-electron chi connectivity index (χ1n) is 6.86. The predicted molar refractivity (Wildman–Crippen MR) is 82.0 cm³/mol. The maximum absolute atomic E-state index is 12.6. The van der Waals surface area contributed by atoms with Crippen molar-refractivity contribution in [3.05, 3.63) is 46.0 Å². The van der Waals surface area contributed by atoms with Crippen molar-refractivity contribution in [1.29, 1.82) is 0 Å². The van der Waals surface area contributed by atoms with Crippen LogP contribution < -0.4 is 0 Å². The molecule has 2 rings (SSSR count). The Morgan fingerprint density at radius 1 is 1.35 bits per heavy atom. The van der Waals surface area contributed by atoms with Gasteiger partial charge in [0.05, 0.1) is 15.4 Å². The third-order valence-electron chi connectivity index (χ3n) is 3.77. The van der Waals surface area contributed by atoms with Crippen LogP contribution in [-0.4, -0.2) is 31.2 Å². The van der Waals surface area contributed by atoms with Crippen LogP contribution in [0.5, 0.6) is 0 Å². The number of Topliss-reactive ketones (excluding diaryl/α,β-unsaturated/α-hetero) is 2. The molecule has 8 heteroatoms. The average molecular weight is 337 g/mol. The Hall–Kier alpha value is -2.35. The fraction of sp³-hybridized carbons (Fsp3) is 0.333. The Labute approximate surface area is 133 Å². The summed E-state index contributed by atoms with van der Waals surface area (Å²) in [5.74, 6) is -2.11. The Bertz CT molecular complexity index is 808. The molecule has 0 spiro atoms. The molecule has 1 aliphatic carbocycles. The zero-order valence-electron chi connectivity index (χ0n) is 12.4. The van der Waals surface area contributed by atoms with Crippen molar-refractivity contribution in [3.63, 3.8) is 0 Å². The van der Waals surface area contributed by atoms with E-state index in [-0.39, 0.29) is 22.7 Å². The van der Waals surface area contributed by atoms with Gasteiger partial charge in [-0.3, -0.25) is 19.7 Å². The maximum Gasteiger partial charge on any atom is 0.281 e. The molecule has 1 unspecified atom stereocenters. The van der Waals surface area contributed by atoms with Crippen molar-refractivity contribution < 1.29 is 22.9 Å². The van der Waals surface area contributed by atoms with Crippen LogP contribution in [0.25, 0.3) is 0 Å². The number of nitro benzene ring substituents is 1. The van der Waals surface area contributed by atoms with Gasteiger partial charge in [-0.05, 0) is 25.0 Å². The van der Waals surface area contributed by atoms with E-state index in [2.05, 4.69) is 6.58 Å². The van der Waals surface area contributed by atoms with Gasteiger partial charge in [0.2, 0.25) is 0 Å². The third kappa shape index (κ3) is 3.37. The Balaban J connectivity index is 2.54. The van der Waals surface area contributed by atoms with Crippen molar-refractivity contribution in [2.24, 2.45) is 5.92 Å². The van der Waals surface area contributed by atoms with Crippen LogP contribution in [0.15, 0.2) is 35.2 Å². The topological polar surface area (TPSA) is 111 Å². The summed E-state index contributed by atoms with van der Waals surface area (Å²) in [6.07, 6.45) is 2.26. The standard InChI is InChI=1S/C15H15NO6S/c1-9-4-3-5-13(17)14(9)15(18)11-7-6-10(23(2,21)22)8-12(11)16(19)20/h6-8,14H,1,3-5H2,2H3. The predicted octanol–water partition coefficient (Wildman–Crippen LogP) is 2.11. The summed E-state index contributed by atoms with van der Waals surface area (Å²) >= 11 is 0. The Kier molecular flexibility index (Phi) is 4.46. The van der Waals surface area contributed by atoms with Gasteiger partial charge in [-0.15, -0.1) is 0 Å². The molecule has 0 N–H and O–H groups in total. The molecule has 1 aromatic rings. The summed E-state index contributed by atoms with van der Waals surface area (Å²) in [5, 5.41) is 11.2. The van der Waals surface area contributed by atoms with E-state index in [1.807, 2.05) is 0 Å². The summed E-state index contributed by atoms with van der Waals surface area (Å²) < 4.78 is 23.0. The van der Waals surface area contributed by atoms with E-state index < -0.39 is 32.1 Å². The van der Waals surface area contributed by atoms with Crippen LogP contribution in [0.1, 0.15) is 29.6 Å². The second kappa shape index (κ2) is 6.04. The number of carbonyl (C=O) groups excluding carboxylic acids is 2. The molecule has 1 aromatic carbocycles. The van der Waals surface area contributed by atoms with E-state index >= 15 is 0 Å². The van der Waals surface area contributed by atoms with E-state index in [0.29, 0.717) is 18.4 Å². The average Bonchev–Trinajstić information content (AvgIpc) is 2.45. The molecule has 0 aromatic heterocycles. The van der Waals surface area contributed by atoms with Crippen LogP contribution in [-0.2, 0) is 14.6 Å². The normalized spacial score (nSPS) is 18.7. The molecule has 122 valence electrons. The van der Waals surface area contributed by atoms with Crippen molar-refractivity contribution in [1.82, 2.24) is 0 Å². The third-order valence-corrected chi connectivity index (χ3v) is 4.88. The minimum atomic E-state index is -3.65. The molecule has 0 saturated heterocycles. The first-order chi connectivity index (χ1) is 10.6. The molecule has 0 bridgehead atoms. The van der Waals surface area contributed by atoms with Gasteiger partial charge in [0.1, 0.15) is 11.7 Å². The second-order valence-electron chi connectivity index (χ2n) is 5.48. The summed E-state index contributed by atoms with van der Waals surface area (Å²) in [4.78, 5) is 34.7. The van der Waals surface area contributed by atoms with Crippen molar-refractivity contribution in [2.75, 3.05) is 6.26 Å². The molecule has 1 aliphatic rings. The number of carbonyl (C=O) groups is 2.